The molecule has 0 spiro atoms. The van der Waals surface area contributed by atoms with Gasteiger partial charge in [0.05, 0.1) is 6.10 Å². The van der Waals surface area contributed by atoms with Crippen molar-refractivity contribution in [2.75, 3.05) is 13.1 Å². The number of hydrogen-bond acceptors (Lipinski definition) is 2. The first-order valence-corrected chi connectivity index (χ1v) is 5.62. The van der Waals surface area contributed by atoms with Gasteiger partial charge in [0, 0.05) is 13.1 Å². The van der Waals surface area contributed by atoms with Gasteiger partial charge in [-0.2, -0.15) is 0 Å². The summed E-state index contributed by atoms with van der Waals surface area (Å²) in [5.41, 5.74) is 1.77. The van der Waals surface area contributed by atoms with E-state index in [0.29, 0.717) is 6.54 Å². The van der Waals surface area contributed by atoms with Gasteiger partial charge < -0.3 is 10.4 Å². The Morgan fingerprint density at radius 3 is 2.44 bits per heavy atom. The average molecular weight is 223 g/mol. The van der Waals surface area contributed by atoms with E-state index in [2.05, 4.69) is 5.32 Å². The van der Waals surface area contributed by atoms with Crippen LogP contribution < -0.4 is 5.32 Å². The number of aliphatic hydroxyl groups is 1. The summed E-state index contributed by atoms with van der Waals surface area (Å²) in [6.45, 7) is 5.31. The summed E-state index contributed by atoms with van der Waals surface area (Å²) in [5, 5.41) is 12.7. The van der Waals surface area contributed by atoms with Crippen molar-refractivity contribution in [3.8, 4) is 0 Å². The fourth-order valence-corrected chi connectivity index (χ4v) is 1.60. The highest BCUT2D eigenvalue weighted by molar-refractivity contribution is 5.69. The van der Waals surface area contributed by atoms with Crippen molar-refractivity contribution < 1.29 is 9.50 Å². The molecule has 16 heavy (non-hydrogen) atoms. The maximum absolute atomic E-state index is 12.7. The third kappa shape index (κ3) is 3.15. The van der Waals surface area contributed by atoms with Crippen LogP contribution in [0.4, 0.5) is 4.39 Å². The van der Waals surface area contributed by atoms with Gasteiger partial charge in [0.1, 0.15) is 5.82 Å². The van der Waals surface area contributed by atoms with Crippen LogP contribution in [-0.2, 0) is 0 Å². The number of aliphatic hydroxyl groups excluding tert-OH is 1. The Morgan fingerprint density at radius 2 is 1.88 bits per heavy atom. The van der Waals surface area contributed by atoms with Gasteiger partial charge in [-0.1, -0.05) is 32.1 Å². The van der Waals surface area contributed by atoms with Crippen LogP contribution in [0.25, 0.3) is 5.57 Å². The minimum atomic E-state index is -0.491. The Hall–Kier alpha value is -1.19. The quantitative estimate of drug-likeness (QED) is 0.765. The molecule has 2 N–H and O–H groups in total. The van der Waals surface area contributed by atoms with Crippen LogP contribution in [0.15, 0.2) is 30.3 Å². The van der Waals surface area contributed by atoms with Gasteiger partial charge in [0.2, 0.25) is 0 Å². The third-order valence-electron chi connectivity index (χ3n) is 2.34. The van der Waals surface area contributed by atoms with Crippen molar-refractivity contribution in [3.63, 3.8) is 0 Å². The Balaban J connectivity index is 0.000000606. The number of rotatable bonds is 1. The molecular formula is C13H18FNO. The fourth-order valence-electron chi connectivity index (χ4n) is 1.60. The second-order valence-corrected chi connectivity index (χ2v) is 3.34. The van der Waals surface area contributed by atoms with E-state index in [0.717, 1.165) is 17.7 Å². The van der Waals surface area contributed by atoms with Gasteiger partial charge in [0.25, 0.3) is 0 Å². The predicted molar refractivity (Wildman–Crippen MR) is 64.6 cm³/mol. The topological polar surface area (TPSA) is 32.3 Å². The van der Waals surface area contributed by atoms with Crippen LogP contribution in [0.5, 0.6) is 0 Å². The molecule has 0 saturated carbocycles. The Morgan fingerprint density at radius 1 is 1.25 bits per heavy atom. The number of hydrogen-bond donors (Lipinski definition) is 2. The molecule has 0 aliphatic carbocycles. The van der Waals surface area contributed by atoms with Crippen LogP contribution >= 0.6 is 0 Å². The molecule has 1 heterocycles. The minimum absolute atomic E-state index is 0.252. The van der Waals surface area contributed by atoms with Crippen LogP contribution in [0.3, 0.4) is 0 Å². The number of halogens is 1. The molecule has 2 rings (SSSR count). The third-order valence-corrected chi connectivity index (χ3v) is 2.34. The molecule has 1 aliphatic rings. The molecule has 0 amide bonds. The van der Waals surface area contributed by atoms with Gasteiger partial charge in [-0.3, -0.25) is 0 Å². The highest BCUT2D eigenvalue weighted by atomic mass is 19.1. The standard InChI is InChI=1S/C11H12FNO.C2H6/c12-9-3-1-8(2-4-9)10-5-6-13-7-11(10)14;1-2/h1-5,11,13-14H,6-7H2;1-2H3. The van der Waals surface area contributed by atoms with Crippen LogP contribution in [0.2, 0.25) is 0 Å². The number of benzene rings is 1. The van der Waals surface area contributed by atoms with Gasteiger partial charge >= 0.3 is 0 Å². The van der Waals surface area contributed by atoms with Crippen molar-refractivity contribution in [1.29, 1.82) is 0 Å². The molecule has 0 fully saturated rings. The first kappa shape index (κ1) is 12.9. The van der Waals surface area contributed by atoms with E-state index in [-0.39, 0.29) is 5.82 Å². The van der Waals surface area contributed by atoms with Crippen molar-refractivity contribution in [3.05, 3.63) is 41.7 Å². The molecule has 0 aromatic heterocycles. The second-order valence-electron chi connectivity index (χ2n) is 3.34. The van der Waals surface area contributed by atoms with Gasteiger partial charge in [-0.15, -0.1) is 0 Å². The molecule has 1 aromatic rings. The van der Waals surface area contributed by atoms with Crippen molar-refractivity contribution in [1.82, 2.24) is 5.32 Å². The fraction of sp³-hybridized carbons (Fsp3) is 0.385. The molecule has 0 saturated heterocycles. The lowest BCUT2D eigenvalue weighted by molar-refractivity contribution is 0.225. The molecule has 0 radical (unpaired) electrons. The van der Waals surface area contributed by atoms with Gasteiger partial charge in [-0.05, 0) is 23.3 Å². The summed E-state index contributed by atoms with van der Waals surface area (Å²) < 4.78 is 12.7. The summed E-state index contributed by atoms with van der Waals surface area (Å²) in [4.78, 5) is 0. The zero-order chi connectivity index (χ0) is 12.0. The molecule has 1 atom stereocenters. The maximum Gasteiger partial charge on any atom is 0.123 e. The lowest BCUT2D eigenvalue weighted by atomic mass is 9.98. The maximum atomic E-state index is 12.7. The van der Waals surface area contributed by atoms with Crippen molar-refractivity contribution in [2.24, 2.45) is 0 Å². The molecule has 1 aromatic carbocycles. The second kappa shape index (κ2) is 6.40. The monoisotopic (exact) mass is 223 g/mol. The Kier molecular flexibility index (Phi) is 5.15. The van der Waals surface area contributed by atoms with Crippen LogP contribution in [-0.4, -0.2) is 24.3 Å². The molecule has 1 unspecified atom stereocenters. The lowest BCUT2D eigenvalue weighted by Crippen LogP contribution is -2.32. The van der Waals surface area contributed by atoms with E-state index in [1.165, 1.54) is 12.1 Å². The predicted octanol–water partition coefficient (Wildman–Crippen LogP) is 2.20. The smallest absolute Gasteiger partial charge is 0.123 e. The summed E-state index contributed by atoms with van der Waals surface area (Å²) >= 11 is 0. The molecular weight excluding hydrogens is 205 g/mol. The summed E-state index contributed by atoms with van der Waals surface area (Å²) in [5.74, 6) is -0.252. The van der Waals surface area contributed by atoms with E-state index in [4.69, 9.17) is 0 Å². The number of β-amino-alcohol motifs (C(OH)–C–C–N with tert-alkyl or cyclic N) is 1. The van der Waals surface area contributed by atoms with E-state index in [9.17, 15) is 9.50 Å². The normalized spacial score (nSPS) is 19.5. The average Bonchev–Trinajstić information content (AvgIpc) is 2.34. The SMILES string of the molecule is CC.OC1CNCC=C1c1ccc(F)cc1. The molecule has 88 valence electrons. The Labute approximate surface area is 95.8 Å². The van der Waals surface area contributed by atoms with Crippen molar-refractivity contribution in [2.45, 2.75) is 20.0 Å². The number of nitrogens with one attached hydrogen (secondary N) is 1. The van der Waals surface area contributed by atoms with E-state index in [1.807, 2.05) is 19.9 Å². The largest absolute Gasteiger partial charge is 0.387 e. The Bertz CT molecular complexity index is 345. The van der Waals surface area contributed by atoms with Crippen LogP contribution in [0, 0.1) is 5.82 Å². The van der Waals surface area contributed by atoms with E-state index in [1.54, 1.807) is 12.1 Å². The lowest BCUT2D eigenvalue weighted by Gasteiger charge is -2.20. The molecule has 1 aliphatic heterocycles. The van der Waals surface area contributed by atoms with Gasteiger partial charge in [0.15, 0.2) is 0 Å². The summed E-state index contributed by atoms with van der Waals surface area (Å²) in [6.07, 6.45) is 1.44. The van der Waals surface area contributed by atoms with Gasteiger partial charge in [-0.25, -0.2) is 4.39 Å². The first-order chi connectivity index (χ1) is 7.77. The van der Waals surface area contributed by atoms with Crippen LogP contribution in [0.1, 0.15) is 19.4 Å². The summed E-state index contributed by atoms with van der Waals surface area (Å²) in [6, 6.07) is 6.20. The molecule has 0 bridgehead atoms. The van der Waals surface area contributed by atoms with Crippen molar-refractivity contribution >= 4 is 5.57 Å². The summed E-state index contributed by atoms with van der Waals surface area (Å²) in [7, 11) is 0. The highest BCUT2D eigenvalue weighted by Gasteiger charge is 2.15. The molecule has 2 nitrogen and oxygen atoms in total. The minimum Gasteiger partial charge on any atom is -0.387 e. The van der Waals surface area contributed by atoms with E-state index < -0.39 is 6.10 Å². The zero-order valence-corrected chi connectivity index (χ0v) is 9.70. The molecule has 3 heteroatoms. The zero-order valence-electron chi connectivity index (χ0n) is 9.70. The highest BCUT2D eigenvalue weighted by Crippen LogP contribution is 2.20. The van der Waals surface area contributed by atoms with E-state index >= 15 is 0 Å². The first-order valence-electron chi connectivity index (χ1n) is 5.62.